The number of hydrogen-bond acceptors (Lipinski definition) is 3. The molecule has 1 unspecified atom stereocenters. The highest BCUT2D eigenvalue weighted by molar-refractivity contribution is 6.39. The molecule has 146 valence electrons. The molecule has 0 fully saturated rings. The second-order valence-corrected chi connectivity index (χ2v) is 6.27. The second-order valence-electron chi connectivity index (χ2n) is 6.27. The molecule has 2 amide bonds. The first-order valence-electron chi connectivity index (χ1n) is 8.13. The topological polar surface area (TPSA) is 66.4 Å². The molecule has 2 N–H and O–H groups in total. The lowest BCUT2D eigenvalue weighted by molar-refractivity contribution is -0.137. The van der Waals surface area contributed by atoms with E-state index in [0.29, 0.717) is 0 Å². The first kappa shape index (κ1) is 20.5. The number of benzene rings is 1. The smallest absolute Gasteiger partial charge is 0.353 e. The molecule has 0 aliphatic carbocycles. The molecular weight excluding hydrogens is 361 g/mol. The van der Waals surface area contributed by atoms with Crippen molar-refractivity contribution in [1.82, 2.24) is 14.8 Å². The molecule has 2 rings (SSSR count). The van der Waals surface area contributed by atoms with Gasteiger partial charge in [0.2, 0.25) is 0 Å². The minimum absolute atomic E-state index is 0.100. The second kappa shape index (κ2) is 8.26. The van der Waals surface area contributed by atoms with Crippen LogP contribution in [0.25, 0.3) is 0 Å². The predicted octanol–water partition coefficient (Wildman–Crippen LogP) is 2.40. The molecule has 6 nitrogen and oxygen atoms in total. The molecule has 27 heavy (non-hydrogen) atoms. The molecule has 0 bridgehead atoms. The molecule has 1 heterocycles. The monoisotopic (exact) mass is 382 g/mol. The van der Waals surface area contributed by atoms with Crippen molar-refractivity contribution >= 4 is 17.5 Å². The van der Waals surface area contributed by atoms with E-state index in [1.807, 2.05) is 48.9 Å². The molecule has 0 saturated carbocycles. The number of nitrogens with zero attached hydrogens (tertiary/aromatic N) is 2. The molecule has 0 spiro atoms. The van der Waals surface area contributed by atoms with Gasteiger partial charge in [-0.3, -0.25) is 14.5 Å². The number of halogens is 3. The number of alkyl halides is 3. The summed E-state index contributed by atoms with van der Waals surface area (Å²) in [6, 6.07) is 7.71. The molecular formula is C18H21F3N4O2. The van der Waals surface area contributed by atoms with Gasteiger partial charge >= 0.3 is 18.0 Å². The van der Waals surface area contributed by atoms with Crippen molar-refractivity contribution in [2.24, 2.45) is 7.05 Å². The Bertz CT molecular complexity index is 815. The van der Waals surface area contributed by atoms with E-state index in [9.17, 15) is 22.8 Å². The Balaban J connectivity index is 1.99. The van der Waals surface area contributed by atoms with E-state index in [2.05, 4.69) is 10.6 Å². The van der Waals surface area contributed by atoms with Gasteiger partial charge in [-0.25, -0.2) is 0 Å². The van der Waals surface area contributed by atoms with Crippen LogP contribution in [-0.2, 0) is 22.8 Å². The third kappa shape index (κ3) is 5.33. The number of nitrogens with one attached hydrogen (secondary N) is 2. The number of carbonyl (C=O) groups excluding carboxylic acids is 2. The summed E-state index contributed by atoms with van der Waals surface area (Å²) in [6.45, 7) is 0.166. The number of rotatable bonds is 5. The summed E-state index contributed by atoms with van der Waals surface area (Å²) in [7, 11) is 5.55. The van der Waals surface area contributed by atoms with Crippen LogP contribution in [0, 0.1) is 0 Å². The average Bonchev–Trinajstić information content (AvgIpc) is 3.00. The number of aryl methyl sites for hydroxylation is 1. The Morgan fingerprint density at radius 2 is 1.85 bits per heavy atom. The van der Waals surface area contributed by atoms with Crippen LogP contribution in [-0.4, -0.2) is 41.9 Å². The van der Waals surface area contributed by atoms with Crippen LogP contribution in [0.5, 0.6) is 0 Å². The van der Waals surface area contributed by atoms with Crippen LogP contribution in [0.1, 0.15) is 17.3 Å². The Kier molecular flexibility index (Phi) is 6.27. The van der Waals surface area contributed by atoms with E-state index in [0.717, 1.165) is 23.9 Å². The normalized spacial score (nSPS) is 12.7. The third-order valence-electron chi connectivity index (χ3n) is 4.06. The summed E-state index contributed by atoms with van der Waals surface area (Å²) < 4.78 is 40.1. The lowest BCUT2D eigenvalue weighted by atomic mass is 10.2. The van der Waals surface area contributed by atoms with E-state index in [1.54, 1.807) is 0 Å². The zero-order valence-electron chi connectivity index (χ0n) is 15.2. The zero-order chi connectivity index (χ0) is 20.2. The Morgan fingerprint density at radius 3 is 2.41 bits per heavy atom. The highest BCUT2D eigenvalue weighted by Gasteiger charge is 2.30. The lowest BCUT2D eigenvalue weighted by Crippen LogP contribution is -2.40. The van der Waals surface area contributed by atoms with E-state index in [1.165, 1.54) is 6.07 Å². The minimum atomic E-state index is -4.53. The van der Waals surface area contributed by atoms with Gasteiger partial charge in [0.15, 0.2) is 0 Å². The SMILES string of the molecule is CN(C)C(CNC(=O)C(=O)Nc1cccc(C(F)(F)F)c1)c1cccn1C. The van der Waals surface area contributed by atoms with E-state index in [4.69, 9.17) is 0 Å². The Labute approximate surface area is 155 Å². The Morgan fingerprint density at radius 1 is 1.15 bits per heavy atom. The van der Waals surface area contributed by atoms with Crippen molar-refractivity contribution < 1.29 is 22.8 Å². The summed E-state index contributed by atoms with van der Waals surface area (Å²) >= 11 is 0. The molecule has 2 aromatic rings. The largest absolute Gasteiger partial charge is 0.416 e. The van der Waals surface area contributed by atoms with E-state index < -0.39 is 23.6 Å². The maximum absolute atomic E-state index is 12.7. The Hall–Kier alpha value is -2.81. The first-order chi connectivity index (χ1) is 12.6. The summed E-state index contributed by atoms with van der Waals surface area (Å²) in [4.78, 5) is 25.9. The van der Waals surface area contributed by atoms with Crippen LogP contribution >= 0.6 is 0 Å². The fraction of sp³-hybridized carbons (Fsp3) is 0.333. The lowest BCUT2D eigenvalue weighted by Gasteiger charge is -2.25. The molecule has 1 atom stereocenters. The van der Waals surface area contributed by atoms with Crippen LogP contribution < -0.4 is 10.6 Å². The standard InChI is InChI=1S/C18H21F3N4O2/c1-24(2)15(14-8-5-9-25(14)3)11-22-16(26)17(27)23-13-7-4-6-12(10-13)18(19,20)21/h4-10,15H,11H2,1-3H3,(H,22,26)(H,23,27). The van der Waals surface area contributed by atoms with Gasteiger partial charge in [0, 0.05) is 31.2 Å². The van der Waals surface area contributed by atoms with Crippen LogP contribution in [0.15, 0.2) is 42.6 Å². The van der Waals surface area contributed by atoms with Gasteiger partial charge < -0.3 is 15.2 Å². The van der Waals surface area contributed by atoms with E-state index in [-0.39, 0.29) is 18.3 Å². The van der Waals surface area contributed by atoms with Crippen molar-refractivity contribution in [3.8, 4) is 0 Å². The number of hydrogen-bond donors (Lipinski definition) is 2. The summed E-state index contributed by atoms with van der Waals surface area (Å²) in [5.41, 5.74) is -0.0627. The van der Waals surface area contributed by atoms with Gasteiger partial charge in [-0.2, -0.15) is 13.2 Å². The predicted molar refractivity (Wildman–Crippen MR) is 94.9 cm³/mol. The van der Waals surface area contributed by atoms with Crippen LogP contribution in [0.3, 0.4) is 0 Å². The molecule has 1 aromatic carbocycles. The quantitative estimate of drug-likeness (QED) is 0.781. The summed E-state index contributed by atoms with van der Waals surface area (Å²) in [5, 5.41) is 4.70. The molecule has 0 aliphatic heterocycles. The summed E-state index contributed by atoms with van der Waals surface area (Å²) in [5.74, 6) is -1.95. The molecule has 0 radical (unpaired) electrons. The zero-order valence-corrected chi connectivity index (χ0v) is 15.2. The maximum atomic E-state index is 12.7. The highest BCUT2D eigenvalue weighted by atomic mass is 19.4. The van der Waals surface area contributed by atoms with Gasteiger partial charge in [-0.1, -0.05) is 6.07 Å². The van der Waals surface area contributed by atoms with Crippen LogP contribution in [0.4, 0.5) is 18.9 Å². The number of anilines is 1. The fourth-order valence-corrected chi connectivity index (χ4v) is 2.60. The molecule has 1 aromatic heterocycles. The van der Waals surface area contributed by atoms with Gasteiger partial charge in [-0.15, -0.1) is 0 Å². The third-order valence-corrected chi connectivity index (χ3v) is 4.06. The van der Waals surface area contributed by atoms with Gasteiger partial charge in [0.25, 0.3) is 0 Å². The maximum Gasteiger partial charge on any atom is 0.416 e. The highest BCUT2D eigenvalue weighted by Crippen LogP contribution is 2.30. The number of amides is 2. The van der Waals surface area contributed by atoms with Gasteiger partial charge in [-0.05, 0) is 44.4 Å². The summed E-state index contributed by atoms with van der Waals surface area (Å²) in [6.07, 6.45) is -2.66. The van der Waals surface area contributed by atoms with E-state index >= 15 is 0 Å². The number of carbonyl (C=O) groups is 2. The molecule has 9 heteroatoms. The minimum Gasteiger partial charge on any atom is -0.353 e. The average molecular weight is 382 g/mol. The molecule has 0 aliphatic rings. The fourth-order valence-electron chi connectivity index (χ4n) is 2.60. The van der Waals surface area contributed by atoms with Crippen LogP contribution in [0.2, 0.25) is 0 Å². The van der Waals surface area contributed by atoms with Gasteiger partial charge in [0.1, 0.15) is 0 Å². The van der Waals surface area contributed by atoms with Crippen molar-refractivity contribution in [3.05, 3.63) is 53.9 Å². The van der Waals surface area contributed by atoms with Crippen molar-refractivity contribution in [2.75, 3.05) is 26.0 Å². The van der Waals surface area contributed by atoms with Crippen molar-refractivity contribution in [3.63, 3.8) is 0 Å². The van der Waals surface area contributed by atoms with Gasteiger partial charge in [0.05, 0.1) is 11.6 Å². The first-order valence-corrected chi connectivity index (χ1v) is 8.13. The van der Waals surface area contributed by atoms with Crippen molar-refractivity contribution in [2.45, 2.75) is 12.2 Å². The number of likely N-dealkylation sites (N-methyl/N-ethyl adjacent to an activating group) is 1. The van der Waals surface area contributed by atoms with Crippen molar-refractivity contribution in [1.29, 1.82) is 0 Å². The number of aromatic nitrogens is 1. The molecule has 0 saturated heterocycles.